The molecular weight excluding hydrogens is 315 g/mol. The molecule has 2 aromatic heterocycles. The summed E-state index contributed by atoms with van der Waals surface area (Å²) in [6.45, 7) is -0.320. The molecule has 0 fully saturated rings. The Kier molecular flexibility index (Phi) is 3.89. The summed E-state index contributed by atoms with van der Waals surface area (Å²) in [5.74, 6) is -1.34. The van der Waals surface area contributed by atoms with Crippen molar-refractivity contribution in [2.45, 2.75) is 32.0 Å². The molecule has 0 radical (unpaired) electrons. The molecule has 0 spiro atoms. The van der Waals surface area contributed by atoms with Gasteiger partial charge in [-0.3, -0.25) is 5.32 Å². The lowest BCUT2D eigenvalue weighted by atomic mass is 10.2. The zero-order valence-electron chi connectivity index (χ0n) is 11.8. The van der Waals surface area contributed by atoms with Crippen molar-refractivity contribution in [3.63, 3.8) is 0 Å². The van der Waals surface area contributed by atoms with Crippen molar-refractivity contribution in [1.82, 2.24) is 20.4 Å². The van der Waals surface area contributed by atoms with E-state index in [-0.39, 0.29) is 12.4 Å². The molecular formula is C13H12F3N5O2. The van der Waals surface area contributed by atoms with E-state index in [0.717, 1.165) is 25.0 Å². The molecule has 2 N–H and O–H groups in total. The second kappa shape index (κ2) is 5.86. The van der Waals surface area contributed by atoms with Crippen LogP contribution in [0.2, 0.25) is 0 Å². The van der Waals surface area contributed by atoms with Gasteiger partial charge in [0.25, 0.3) is 5.82 Å². The van der Waals surface area contributed by atoms with E-state index in [1.165, 1.54) is 5.56 Å². The third-order valence-corrected chi connectivity index (χ3v) is 3.29. The van der Waals surface area contributed by atoms with E-state index in [1.54, 1.807) is 6.07 Å². The lowest BCUT2D eigenvalue weighted by Crippen LogP contribution is -2.28. The number of aromatic nitrogens is 3. The number of urea groups is 1. The van der Waals surface area contributed by atoms with Crippen molar-refractivity contribution in [1.29, 1.82) is 0 Å². The average Bonchev–Trinajstić information content (AvgIpc) is 3.13. The zero-order chi connectivity index (χ0) is 16.4. The highest BCUT2D eigenvalue weighted by Crippen LogP contribution is 2.26. The Balaban J connectivity index is 1.54. The molecule has 0 saturated carbocycles. The van der Waals surface area contributed by atoms with E-state index >= 15 is 0 Å². The van der Waals surface area contributed by atoms with Gasteiger partial charge in [-0.25, -0.2) is 9.78 Å². The second-order valence-electron chi connectivity index (χ2n) is 4.97. The van der Waals surface area contributed by atoms with E-state index in [0.29, 0.717) is 5.82 Å². The quantitative estimate of drug-likeness (QED) is 0.902. The molecule has 2 aromatic rings. The molecule has 3 rings (SSSR count). The molecule has 7 nitrogen and oxygen atoms in total. The molecule has 0 saturated heterocycles. The van der Waals surface area contributed by atoms with Crippen LogP contribution in [0.5, 0.6) is 0 Å². The van der Waals surface area contributed by atoms with Gasteiger partial charge in [0, 0.05) is 5.69 Å². The third kappa shape index (κ3) is 3.58. The summed E-state index contributed by atoms with van der Waals surface area (Å²) < 4.78 is 41.3. The first-order valence-corrected chi connectivity index (χ1v) is 6.85. The van der Waals surface area contributed by atoms with Crippen molar-refractivity contribution >= 4 is 11.8 Å². The standard InChI is InChI=1S/C13H12F3N5O2/c14-13(15,16)11-20-10(23-21-11)6-17-12(22)19-9-5-4-7-2-1-3-8(7)18-9/h4-5H,1-3,6H2,(H2,17,18,19,22). The van der Waals surface area contributed by atoms with Crippen LogP contribution < -0.4 is 10.6 Å². The smallest absolute Gasteiger partial charge is 0.337 e. The SMILES string of the molecule is O=C(NCc1nc(C(F)(F)F)no1)Nc1ccc2c(n1)CCC2. The van der Waals surface area contributed by atoms with Gasteiger partial charge in [0.2, 0.25) is 5.89 Å². The number of aryl methyl sites for hydroxylation is 2. The van der Waals surface area contributed by atoms with Crippen LogP contribution in [0.25, 0.3) is 0 Å². The predicted octanol–water partition coefficient (Wildman–Crippen LogP) is 2.29. The van der Waals surface area contributed by atoms with Gasteiger partial charge >= 0.3 is 12.2 Å². The maximum atomic E-state index is 12.3. The largest absolute Gasteiger partial charge is 0.455 e. The maximum absolute atomic E-state index is 12.3. The lowest BCUT2D eigenvalue weighted by Gasteiger charge is -2.06. The Labute approximate surface area is 128 Å². The monoisotopic (exact) mass is 327 g/mol. The van der Waals surface area contributed by atoms with Crippen molar-refractivity contribution < 1.29 is 22.5 Å². The summed E-state index contributed by atoms with van der Waals surface area (Å²) in [6.07, 6.45) is -1.79. The van der Waals surface area contributed by atoms with Crippen LogP contribution in [-0.4, -0.2) is 21.2 Å². The average molecular weight is 327 g/mol. The molecule has 1 aliphatic rings. The molecule has 1 aliphatic carbocycles. The number of pyridine rings is 1. The summed E-state index contributed by atoms with van der Waals surface area (Å²) in [6, 6.07) is 2.96. The number of carbonyl (C=O) groups excluding carboxylic acids is 1. The fraction of sp³-hybridized carbons (Fsp3) is 0.385. The van der Waals surface area contributed by atoms with Crippen molar-refractivity contribution in [3.05, 3.63) is 35.1 Å². The van der Waals surface area contributed by atoms with E-state index in [9.17, 15) is 18.0 Å². The number of anilines is 1. The second-order valence-corrected chi connectivity index (χ2v) is 4.97. The molecule has 2 heterocycles. The lowest BCUT2D eigenvalue weighted by molar-refractivity contribution is -0.146. The summed E-state index contributed by atoms with van der Waals surface area (Å²) in [5, 5.41) is 7.63. The first-order valence-electron chi connectivity index (χ1n) is 6.85. The highest BCUT2D eigenvalue weighted by atomic mass is 19.4. The van der Waals surface area contributed by atoms with Crippen molar-refractivity contribution in [2.24, 2.45) is 0 Å². The molecule has 0 aliphatic heterocycles. The summed E-state index contributed by atoms with van der Waals surface area (Å²) in [7, 11) is 0. The predicted molar refractivity (Wildman–Crippen MR) is 71.4 cm³/mol. The third-order valence-electron chi connectivity index (χ3n) is 3.29. The molecule has 0 aromatic carbocycles. The number of alkyl halides is 3. The van der Waals surface area contributed by atoms with Gasteiger partial charge < -0.3 is 9.84 Å². The molecule has 2 amide bonds. The van der Waals surface area contributed by atoms with Crippen molar-refractivity contribution in [3.8, 4) is 0 Å². The Morgan fingerprint density at radius 1 is 1.26 bits per heavy atom. The number of nitrogens with zero attached hydrogens (tertiary/aromatic N) is 3. The van der Waals surface area contributed by atoms with Gasteiger partial charge in [0.1, 0.15) is 5.82 Å². The van der Waals surface area contributed by atoms with Gasteiger partial charge in [-0.15, -0.1) is 0 Å². The minimum Gasteiger partial charge on any atom is -0.337 e. The summed E-state index contributed by atoms with van der Waals surface area (Å²) >= 11 is 0. The fourth-order valence-electron chi connectivity index (χ4n) is 2.25. The first kappa shape index (κ1) is 15.3. The van der Waals surface area contributed by atoms with Crippen LogP contribution in [0, 0.1) is 0 Å². The number of hydrogen-bond donors (Lipinski definition) is 2. The number of halogens is 3. The number of rotatable bonds is 3. The van der Waals surface area contributed by atoms with Gasteiger partial charge in [-0.05, 0) is 30.9 Å². The number of amides is 2. The van der Waals surface area contributed by atoms with Gasteiger partial charge in [0.05, 0.1) is 6.54 Å². The van der Waals surface area contributed by atoms with Crippen LogP contribution in [0.15, 0.2) is 16.7 Å². The minimum absolute atomic E-state index is 0.320. The highest BCUT2D eigenvalue weighted by molar-refractivity contribution is 5.88. The molecule has 0 unspecified atom stereocenters. The van der Waals surface area contributed by atoms with Gasteiger partial charge in [0.15, 0.2) is 0 Å². The van der Waals surface area contributed by atoms with Crippen LogP contribution >= 0.6 is 0 Å². The topological polar surface area (TPSA) is 92.9 Å². The zero-order valence-corrected chi connectivity index (χ0v) is 11.8. The minimum atomic E-state index is -4.68. The van der Waals surface area contributed by atoms with Crippen molar-refractivity contribution in [2.75, 3.05) is 5.32 Å². The molecule has 122 valence electrons. The number of fused-ring (bicyclic) bond motifs is 1. The molecule has 10 heteroatoms. The molecule has 0 bridgehead atoms. The number of carbonyl (C=O) groups is 1. The number of hydrogen-bond acceptors (Lipinski definition) is 5. The molecule has 23 heavy (non-hydrogen) atoms. The Morgan fingerprint density at radius 2 is 2.09 bits per heavy atom. The Hall–Kier alpha value is -2.65. The van der Waals surface area contributed by atoms with Crippen LogP contribution in [0.4, 0.5) is 23.8 Å². The van der Waals surface area contributed by atoms with Gasteiger partial charge in [-0.1, -0.05) is 11.2 Å². The van der Waals surface area contributed by atoms with Crippen LogP contribution in [0.3, 0.4) is 0 Å². The fourth-order valence-corrected chi connectivity index (χ4v) is 2.25. The summed E-state index contributed by atoms with van der Waals surface area (Å²) in [5.41, 5.74) is 2.12. The normalized spacial score (nSPS) is 13.7. The molecule has 0 atom stereocenters. The van der Waals surface area contributed by atoms with E-state index in [4.69, 9.17) is 0 Å². The highest BCUT2D eigenvalue weighted by Gasteiger charge is 2.37. The van der Waals surface area contributed by atoms with Crippen LogP contribution in [0.1, 0.15) is 29.4 Å². The number of nitrogens with one attached hydrogen (secondary N) is 2. The van der Waals surface area contributed by atoms with E-state index in [1.807, 2.05) is 6.07 Å². The maximum Gasteiger partial charge on any atom is 0.455 e. The van der Waals surface area contributed by atoms with E-state index < -0.39 is 18.0 Å². The first-order chi connectivity index (χ1) is 10.9. The van der Waals surface area contributed by atoms with Gasteiger partial charge in [-0.2, -0.15) is 18.2 Å². The van der Waals surface area contributed by atoms with E-state index in [2.05, 4.69) is 30.3 Å². The summed E-state index contributed by atoms with van der Waals surface area (Å²) in [4.78, 5) is 19.2. The Morgan fingerprint density at radius 3 is 2.83 bits per heavy atom. The van der Waals surface area contributed by atoms with Crippen LogP contribution in [-0.2, 0) is 25.6 Å². The Bertz CT molecular complexity index is 729.